The summed E-state index contributed by atoms with van der Waals surface area (Å²) in [7, 11) is -4.22. The summed E-state index contributed by atoms with van der Waals surface area (Å²) in [5.74, 6) is -4.24. The number of halogens is 4. The molecule has 6 rings (SSSR count). The van der Waals surface area contributed by atoms with Crippen LogP contribution in [-0.4, -0.2) is 54.2 Å². The molecule has 1 N–H and O–H groups in total. The van der Waals surface area contributed by atoms with Gasteiger partial charge in [-0.05, 0) is 79.1 Å². The Labute approximate surface area is 269 Å². The molecule has 2 aliphatic carbocycles. The molecule has 3 fully saturated rings. The molecule has 3 aliphatic rings. The van der Waals surface area contributed by atoms with Crippen molar-refractivity contribution in [3.05, 3.63) is 99.5 Å². The number of carbonyl (C=O) groups is 2. The molecule has 3 aromatic carbocycles. The van der Waals surface area contributed by atoms with E-state index < -0.39 is 81.7 Å². The highest BCUT2D eigenvalue weighted by Crippen LogP contribution is 2.49. The summed E-state index contributed by atoms with van der Waals surface area (Å²) in [6.07, 6.45) is -1.03. The zero-order valence-corrected chi connectivity index (χ0v) is 26.2. The number of ether oxygens (including phenoxy) is 1. The lowest BCUT2D eigenvalue weighted by Gasteiger charge is -2.49. The number of sulfonamides is 1. The van der Waals surface area contributed by atoms with Crippen molar-refractivity contribution in [1.29, 1.82) is 0 Å². The number of rotatable bonds is 11. The number of benzene rings is 3. The van der Waals surface area contributed by atoms with Crippen molar-refractivity contribution < 1.29 is 36.6 Å². The summed E-state index contributed by atoms with van der Waals surface area (Å²) in [5.41, 5.74) is 0.450. The summed E-state index contributed by atoms with van der Waals surface area (Å²) in [4.78, 5) is 27.7. The number of hydrogen-bond donors (Lipinski definition) is 1. The molecular formula is C32H30Cl2F2N2O6S. The van der Waals surface area contributed by atoms with Gasteiger partial charge in [-0.25, -0.2) is 17.2 Å². The van der Waals surface area contributed by atoms with Gasteiger partial charge in [-0.1, -0.05) is 53.5 Å². The van der Waals surface area contributed by atoms with Gasteiger partial charge in [-0.15, -0.1) is 0 Å². The van der Waals surface area contributed by atoms with Crippen molar-refractivity contribution in [1.82, 2.24) is 4.90 Å². The van der Waals surface area contributed by atoms with Crippen LogP contribution in [0.25, 0.3) is 0 Å². The van der Waals surface area contributed by atoms with Crippen molar-refractivity contribution in [2.45, 2.75) is 61.6 Å². The van der Waals surface area contributed by atoms with Gasteiger partial charge in [0, 0.05) is 10.0 Å². The van der Waals surface area contributed by atoms with Gasteiger partial charge in [0.1, 0.15) is 17.9 Å². The number of nitrogens with zero attached hydrogens (tertiary/aromatic N) is 2. The van der Waals surface area contributed by atoms with E-state index in [9.17, 15) is 23.1 Å². The highest BCUT2D eigenvalue weighted by atomic mass is 35.5. The predicted molar refractivity (Wildman–Crippen MR) is 165 cm³/mol. The summed E-state index contributed by atoms with van der Waals surface area (Å²) in [6, 6.07) is 14.9. The monoisotopic (exact) mass is 678 g/mol. The SMILES string of the molecule is O=C(O)CC1OC(c2cccc(Cl)c2)C(c2ccc(Cl)cc2)N([C@H](CN(c2c(F)cccc2F)S(=O)(=O)C2CC2)C2CC2)C1=O. The maximum absolute atomic E-state index is 15.3. The number of anilines is 1. The molecule has 3 unspecified atom stereocenters. The zero-order valence-electron chi connectivity index (χ0n) is 23.9. The molecule has 4 atom stereocenters. The van der Waals surface area contributed by atoms with E-state index in [1.807, 2.05) is 0 Å². The quantitative estimate of drug-likeness (QED) is 0.247. The molecule has 1 aliphatic heterocycles. The number of carboxylic acids is 1. The second-order valence-corrected chi connectivity index (χ2v) is 14.7. The van der Waals surface area contributed by atoms with E-state index in [1.165, 1.54) is 4.90 Å². The van der Waals surface area contributed by atoms with Crippen molar-refractivity contribution in [2.75, 3.05) is 10.8 Å². The second-order valence-electron chi connectivity index (χ2n) is 11.7. The minimum atomic E-state index is -4.22. The Morgan fingerprint density at radius 1 is 0.956 bits per heavy atom. The number of aliphatic carboxylic acids is 1. The maximum Gasteiger partial charge on any atom is 0.306 e. The van der Waals surface area contributed by atoms with E-state index in [4.69, 9.17) is 27.9 Å². The lowest BCUT2D eigenvalue weighted by molar-refractivity contribution is -0.183. The molecule has 8 nitrogen and oxygen atoms in total. The summed E-state index contributed by atoms with van der Waals surface area (Å²) in [6.45, 7) is -0.431. The van der Waals surface area contributed by atoms with Gasteiger partial charge >= 0.3 is 5.97 Å². The van der Waals surface area contributed by atoms with E-state index in [1.54, 1.807) is 48.5 Å². The molecule has 0 bridgehead atoms. The standard InChI is InChI=1S/C32H30Cl2F2N2O6S/c33-21-11-9-19(10-12-21)29-31(20-3-1-4-22(34)15-20)44-27(16-28(39)40)32(41)38(29)26(18-7-8-18)17-37(45(42,43)23-13-14-23)30-24(35)5-2-6-25(30)36/h1-6,9-12,15,18,23,26-27,29,31H,7-8,13-14,16-17H2,(H,39,40)/t26-,27?,29?,31?/m1/s1. The van der Waals surface area contributed by atoms with Crippen molar-refractivity contribution in [2.24, 2.45) is 5.92 Å². The Bertz CT molecular complexity index is 1700. The van der Waals surface area contributed by atoms with Gasteiger partial charge in [0.05, 0.1) is 30.3 Å². The minimum absolute atomic E-state index is 0.223. The fourth-order valence-corrected chi connectivity index (χ4v) is 8.28. The van der Waals surface area contributed by atoms with Crippen molar-refractivity contribution in [3.8, 4) is 0 Å². The van der Waals surface area contributed by atoms with Crippen LogP contribution in [0, 0.1) is 17.6 Å². The molecule has 0 aromatic heterocycles. The highest BCUT2D eigenvalue weighted by molar-refractivity contribution is 7.93. The summed E-state index contributed by atoms with van der Waals surface area (Å²) in [5, 5.41) is 9.74. The largest absolute Gasteiger partial charge is 0.481 e. The molecule has 0 spiro atoms. The van der Waals surface area contributed by atoms with Gasteiger partial charge in [0.2, 0.25) is 10.0 Å². The fraction of sp³-hybridized carbons (Fsp3) is 0.375. The first-order valence-corrected chi connectivity index (χ1v) is 16.9. The number of para-hydroxylation sites is 1. The third-order valence-corrected chi connectivity index (χ3v) is 11.2. The molecule has 1 saturated heterocycles. The number of carbonyl (C=O) groups excluding carboxylic acids is 1. The topological polar surface area (TPSA) is 104 Å². The molecule has 13 heteroatoms. The van der Waals surface area contributed by atoms with E-state index in [0.717, 1.165) is 22.5 Å². The number of carboxylic acid groups (broad SMARTS) is 1. The van der Waals surface area contributed by atoms with Crippen LogP contribution < -0.4 is 4.31 Å². The Morgan fingerprint density at radius 2 is 1.60 bits per heavy atom. The van der Waals surface area contributed by atoms with E-state index >= 15 is 8.78 Å². The number of morpholine rings is 1. The predicted octanol–water partition coefficient (Wildman–Crippen LogP) is 6.53. The zero-order chi connectivity index (χ0) is 32.0. The molecule has 238 valence electrons. The van der Waals surface area contributed by atoms with E-state index in [2.05, 4.69) is 0 Å². The first-order valence-electron chi connectivity index (χ1n) is 14.6. The van der Waals surface area contributed by atoms with Gasteiger partial charge in [0.15, 0.2) is 11.6 Å². The number of hydrogen-bond acceptors (Lipinski definition) is 5. The van der Waals surface area contributed by atoms with Crippen LogP contribution in [0.2, 0.25) is 10.0 Å². The molecule has 2 saturated carbocycles. The van der Waals surface area contributed by atoms with Gasteiger partial charge in [0.25, 0.3) is 5.91 Å². The first-order chi connectivity index (χ1) is 21.5. The normalized spacial score (nSPS) is 22.7. The minimum Gasteiger partial charge on any atom is -0.481 e. The van der Waals surface area contributed by atoms with Crippen molar-refractivity contribution >= 4 is 50.8 Å². The van der Waals surface area contributed by atoms with Crippen molar-refractivity contribution in [3.63, 3.8) is 0 Å². The fourth-order valence-electron chi connectivity index (χ4n) is 6.07. The van der Waals surface area contributed by atoms with Crippen LogP contribution in [0.3, 0.4) is 0 Å². The summed E-state index contributed by atoms with van der Waals surface area (Å²) >= 11 is 12.6. The molecule has 3 aromatic rings. The van der Waals surface area contributed by atoms with Crippen LogP contribution in [0.4, 0.5) is 14.5 Å². The maximum atomic E-state index is 15.3. The van der Waals surface area contributed by atoms with E-state index in [-0.39, 0.29) is 5.92 Å². The smallest absolute Gasteiger partial charge is 0.306 e. The van der Waals surface area contributed by atoms with Crippen LogP contribution in [0.1, 0.15) is 55.4 Å². The summed E-state index contributed by atoms with van der Waals surface area (Å²) < 4.78 is 65.2. The molecule has 45 heavy (non-hydrogen) atoms. The average Bonchev–Trinajstić information content (AvgIpc) is 3.90. The van der Waals surface area contributed by atoms with Crippen LogP contribution in [-0.2, 0) is 24.3 Å². The first kappa shape index (κ1) is 31.7. The third kappa shape index (κ3) is 6.54. The molecule has 1 heterocycles. The van der Waals surface area contributed by atoms with Gasteiger partial charge in [-0.3, -0.25) is 13.9 Å². The Morgan fingerprint density at radius 3 is 2.18 bits per heavy atom. The molecule has 1 amide bonds. The third-order valence-electron chi connectivity index (χ3n) is 8.49. The van der Waals surface area contributed by atoms with Crippen LogP contribution >= 0.6 is 23.2 Å². The Hall–Kier alpha value is -3.25. The molecular weight excluding hydrogens is 649 g/mol. The lowest BCUT2D eigenvalue weighted by atomic mass is 9.89. The Balaban J connectivity index is 1.52. The molecule has 0 radical (unpaired) electrons. The van der Waals surface area contributed by atoms with Crippen LogP contribution in [0.15, 0.2) is 66.7 Å². The average molecular weight is 680 g/mol. The van der Waals surface area contributed by atoms with Gasteiger partial charge in [-0.2, -0.15) is 0 Å². The van der Waals surface area contributed by atoms with E-state index in [0.29, 0.717) is 46.9 Å². The lowest BCUT2D eigenvalue weighted by Crippen LogP contribution is -2.59. The number of amides is 1. The highest BCUT2D eigenvalue weighted by Gasteiger charge is 2.52. The second kappa shape index (κ2) is 12.5. The van der Waals surface area contributed by atoms with Crippen LogP contribution in [0.5, 0.6) is 0 Å². The van der Waals surface area contributed by atoms with Gasteiger partial charge < -0.3 is 14.7 Å². The Kier molecular flexibility index (Phi) is 8.82.